The van der Waals surface area contributed by atoms with Crippen molar-refractivity contribution in [2.24, 2.45) is 0 Å². The van der Waals surface area contributed by atoms with Crippen LogP contribution in [-0.4, -0.2) is 39.9 Å². The molecule has 0 saturated heterocycles. The van der Waals surface area contributed by atoms with E-state index in [2.05, 4.69) is 20.3 Å². The smallest absolute Gasteiger partial charge is 0.274 e. The van der Waals surface area contributed by atoms with Gasteiger partial charge in [-0.1, -0.05) is 6.07 Å². The molecule has 1 N–H and O–H groups in total. The van der Waals surface area contributed by atoms with Gasteiger partial charge in [0.05, 0.1) is 12.4 Å². The topological polar surface area (TPSA) is 71.0 Å². The number of pyridine rings is 1. The van der Waals surface area contributed by atoms with Gasteiger partial charge in [0.25, 0.3) is 5.91 Å². The van der Waals surface area contributed by atoms with Gasteiger partial charge >= 0.3 is 0 Å². The zero-order chi connectivity index (χ0) is 13.7. The molecule has 0 fully saturated rings. The van der Waals surface area contributed by atoms with Gasteiger partial charge in [0.2, 0.25) is 0 Å². The van der Waals surface area contributed by atoms with Crippen LogP contribution in [0.15, 0.2) is 36.9 Å². The average Bonchev–Trinajstić information content (AvgIpc) is 2.47. The van der Waals surface area contributed by atoms with E-state index in [0.717, 1.165) is 5.56 Å². The van der Waals surface area contributed by atoms with Crippen LogP contribution in [0, 0.1) is 0 Å². The molecule has 0 unspecified atom stereocenters. The second kappa shape index (κ2) is 5.90. The monoisotopic (exact) mass is 257 g/mol. The van der Waals surface area contributed by atoms with Crippen molar-refractivity contribution >= 4 is 11.7 Å². The summed E-state index contributed by atoms with van der Waals surface area (Å²) in [5, 5.41) is 2.86. The zero-order valence-corrected chi connectivity index (χ0v) is 10.9. The van der Waals surface area contributed by atoms with E-state index in [-0.39, 0.29) is 5.91 Å². The molecule has 6 nitrogen and oxygen atoms in total. The molecule has 0 aliphatic heterocycles. The van der Waals surface area contributed by atoms with Gasteiger partial charge < -0.3 is 10.2 Å². The van der Waals surface area contributed by atoms with E-state index in [0.29, 0.717) is 18.1 Å². The maximum atomic E-state index is 12.2. The first-order valence-corrected chi connectivity index (χ1v) is 5.85. The van der Waals surface area contributed by atoms with Crippen molar-refractivity contribution in [1.82, 2.24) is 19.9 Å². The summed E-state index contributed by atoms with van der Waals surface area (Å²) >= 11 is 0. The number of rotatable bonds is 4. The highest BCUT2D eigenvalue weighted by molar-refractivity contribution is 5.92. The molecule has 0 radical (unpaired) electrons. The molecule has 2 rings (SSSR count). The zero-order valence-electron chi connectivity index (χ0n) is 10.9. The first-order chi connectivity index (χ1) is 9.20. The number of anilines is 1. The van der Waals surface area contributed by atoms with Gasteiger partial charge in [-0.15, -0.1) is 0 Å². The number of carbonyl (C=O) groups is 1. The molecule has 0 saturated carbocycles. The summed E-state index contributed by atoms with van der Waals surface area (Å²) in [5.41, 5.74) is 1.29. The Morgan fingerprint density at radius 1 is 1.32 bits per heavy atom. The lowest BCUT2D eigenvalue weighted by Gasteiger charge is -2.16. The predicted octanol–water partition coefficient (Wildman–Crippen LogP) is 1.19. The number of amides is 1. The maximum absolute atomic E-state index is 12.2. The van der Waals surface area contributed by atoms with E-state index in [1.54, 1.807) is 37.6 Å². The molecule has 0 atom stereocenters. The van der Waals surface area contributed by atoms with Crippen LogP contribution in [0.5, 0.6) is 0 Å². The molecule has 0 aliphatic rings. The molecule has 2 aromatic heterocycles. The van der Waals surface area contributed by atoms with E-state index in [9.17, 15) is 4.79 Å². The highest BCUT2D eigenvalue weighted by atomic mass is 16.2. The highest BCUT2D eigenvalue weighted by Gasteiger charge is 2.14. The van der Waals surface area contributed by atoms with Gasteiger partial charge in [-0.25, -0.2) is 4.98 Å². The normalized spacial score (nSPS) is 10.0. The third-order valence-corrected chi connectivity index (χ3v) is 2.60. The minimum atomic E-state index is -0.173. The first-order valence-electron chi connectivity index (χ1n) is 5.85. The van der Waals surface area contributed by atoms with Crippen LogP contribution in [0.1, 0.15) is 16.1 Å². The Labute approximate surface area is 111 Å². The van der Waals surface area contributed by atoms with E-state index in [1.807, 2.05) is 12.1 Å². The van der Waals surface area contributed by atoms with Crippen molar-refractivity contribution in [2.75, 3.05) is 19.4 Å². The molecular weight excluding hydrogens is 242 g/mol. The molecule has 0 spiro atoms. The third-order valence-electron chi connectivity index (χ3n) is 2.60. The van der Waals surface area contributed by atoms with E-state index >= 15 is 0 Å². The molecule has 0 bridgehead atoms. The van der Waals surface area contributed by atoms with Crippen LogP contribution in [0.25, 0.3) is 0 Å². The van der Waals surface area contributed by atoms with Crippen molar-refractivity contribution in [3.8, 4) is 0 Å². The van der Waals surface area contributed by atoms with Gasteiger partial charge in [-0.2, -0.15) is 0 Å². The lowest BCUT2D eigenvalue weighted by Crippen LogP contribution is -2.27. The summed E-state index contributed by atoms with van der Waals surface area (Å²) in [6.07, 6.45) is 6.47. The number of nitrogens with one attached hydrogen (secondary N) is 1. The Hall–Kier alpha value is -2.50. The maximum Gasteiger partial charge on any atom is 0.274 e. The number of hydrogen-bond acceptors (Lipinski definition) is 5. The first kappa shape index (κ1) is 12.9. The third kappa shape index (κ3) is 3.25. The molecule has 1 amide bonds. The van der Waals surface area contributed by atoms with Crippen LogP contribution < -0.4 is 5.32 Å². The Morgan fingerprint density at radius 3 is 2.84 bits per heavy atom. The molecular formula is C13H15N5O. The quantitative estimate of drug-likeness (QED) is 0.890. The van der Waals surface area contributed by atoms with Crippen molar-refractivity contribution in [1.29, 1.82) is 0 Å². The van der Waals surface area contributed by atoms with Gasteiger partial charge in [0.1, 0.15) is 11.5 Å². The van der Waals surface area contributed by atoms with Gasteiger partial charge in [-0.05, 0) is 11.6 Å². The molecule has 2 aromatic rings. The van der Waals surface area contributed by atoms with Crippen LogP contribution in [0.4, 0.5) is 5.82 Å². The summed E-state index contributed by atoms with van der Waals surface area (Å²) in [5.74, 6) is 0.397. The van der Waals surface area contributed by atoms with E-state index < -0.39 is 0 Å². The van der Waals surface area contributed by atoms with Crippen molar-refractivity contribution < 1.29 is 4.79 Å². The largest absolute Gasteiger partial charge is 0.372 e. The molecule has 2 heterocycles. The second-order valence-corrected chi connectivity index (χ2v) is 4.06. The lowest BCUT2D eigenvalue weighted by atomic mass is 10.2. The van der Waals surface area contributed by atoms with Crippen LogP contribution in [0.3, 0.4) is 0 Å². The van der Waals surface area contributed by atoms with Crippen molar-refractivity contribution in [2.45, 2.75) is 6.54 Å². The highest BCUT2D eigenvalue weighted by Crippen LogP contribution is 2.07. The molecule has 98 valence electrons. The van der Waals surface area contributed by atoms with Gasteiger partial charge in [0.15, 0.2) is 0 Å². The summed E-state index contributed by atoms with van der Waals surface area (Å²) in [6, 6.07) is 3.77. The molecule has 19 heavy (non-hydrogen) atoms. The fourth-order valence-electron chi connectivity index (χ4n) is 1.62. The Bertz CT molecular complexity index is 558. The standard InChI is InChI=1S/C13H15N5O/c1-14-12-8-16-7-11(17-12)13(19)18(2)9-10-4-3-5-15-6-10/h3-8H,9H2,1-2H3,(H,14,17). The Balaban J connectivity index is 2.10. The van der Waals surface area contributed by atoms with Crippen LogP contribution in [0.2, 0.25) is 0 Å². The fourth-order valence-corrected chi connectivity index (χ4v) is 1.62. The number of carbonyl (C=O) groups excluding carboxylic acids is 1. The number of hydrogen-bond donors (Lipinski definition) is 1. The minimum absolute atomic E-state index is 0.173. The molecule has 0 aromatic carbocycles. The number of nitrogens with zero attached hydrogens (tertiary/aromatic N) is 4. The van der Waals surface area contributed by atoms with E-state index in [4.69, 9.17) is 0 Å². The lowest BCUT2D eigenvalue weighted by molar-refractivity contribution is 0.0779. The summed E-state index contributed by atoms with van der Waals surface area (Å²) in [4.78, 5) is 26.0. The summed E-state index contributed by atoms with van der Waals surface area (Å²) in [7, 11) is 3.46. The molecule has 0 aliphatic carbocycles. The fraction of sp³-hybridized carbons (Fsp3) is 0.231. The molecule has 6 heteroatoms. The van der Waals surface area contributed by atoms with E-state index in [1.165, 1.54) is 6.20 Å². The SMILES string of the molecule is CNc1cncc(C(=O)N(C)Cc2cccnc2)n1. The number of aromatic nitrogens is 3. The van der Waals surface area contributed by atoms with Crippen molar-refractivity contribution in [3.63, 3.8) is 0 Å². The van der Waals surface area contributed by atoms with Crippen LogP contribution in [-0.2, 0) is 6.54 Å². The second-order valence-electron chi connectivity index (χ2n) is 4.06. The summed E-state index contributed by atoms with van der Waals surface area (Å²) < 4.78 is 0. The van der Waals surface area contributed by atoms with Crippen LogP contribution >= 0.6 is 0 Å². The average molecular weight is 257 g/mol. The van der Waals surface area contributed by atoms with Gasteiger partial charge in [0, 0.05) is 33.0 Å². The summed E-state index contributed by atoms with van der Waals surface area (Å²) in [6.45, 7) is 0.484. The minimum Gasteiger partial charge on any atom is -0.372 e. The Morgan fingerprint density at radius 2 is 2.16 bits per heavy atom. The van der Waals surface area contributed by atoms with Gasteiger partial charge in [-0.3, -0.25) is 14.8 Å². The predicted molar refractivity (Wildman–Crippen MR) is 71.6 cm³/mol. The van der Waals surface area contributed by atoms with Crippen molar-refractivity contribution in [3.05, 3.63) is 48.2 Å². The Kier molecular flexibility index (Phi) is 4.02.